The lowest BCUT2D eigenvalue weighted by Gasteiger charge is -2.25. The smallest absolute Gasteiger partial charge is 0.242 e. The van der Waals surface area contributed by atoms with E-state index in [1.54, 1.807) is 12.3 Å². The number of hydrogen-bond acceptors (Lipinski definition) is 3. The fourth-order valence-electron chi connectivity index (χ4n) is 2.50. The lowest BCUT2D eigenvalue weighted by atomic mass is 10.0. The van der Waals surface area contributed by atoms with Crippen LogP contribution in [-0.4, -0.2) is 24.6 Å². The van der Waals surface area contributed by atoms with Gasteiger partial charge >= 0.3 is 0 Å². The van der Waals surface area contributed by atoms with E-state index in [-0.39, 0.29) is 5.54 Å². The summed E-state index contributed by atoms with van der Waals surface area (Å²) in [5.74, 6) is 0.457. The van der Waals surface area contributed by atoms with Gasteiger partial charge in [0.25, 0.3) is 0 Å². The van der Waals surface area contributed by atoms with Crippen LogP contribution in [0.2, 0.25) is 0 Å². The Bertz CT molecular complexity index is 598. The third-order valence-corrected chi connectivity index (χ3v) is 5.72. The van der Waals surface area contributed by atoms with Crippen molar-refractivity contribution in [2.45, 2.75) is 63.6 Å². The summed E-state index contributed by atoms with van der Waals surface area (Å²) in [5.41, 5.74) is 0.596. The third kappa shape index (κ3) is 4.08. The number of aryl methyl sites for hydroxylation is 1. The highest BCUT2D eigenvalue weighted by atomic mass is 32.2. The van der Waals surface area contributed by atoms with Gasteiger partial charge in [-0.25, -0.2) is 13.1 Å². The molecule has 5 nitrogen and oxygen atoms in total. The predicted molar refractivity (Wildman–Crippen MR) is 84.5 cm³/mol. The number of aromatic nitrogens is 1. The van der Waals surface area contributed by atoms with Crippen molar-refractivity contribution < 1.29 is 8.42 Å². The molecule has 1 fully saturated rings. The Hall–Kier alpha value is -0.850. The van der Waals surface area contributed by atoms with Crippen LogP contribution >= 0.6 is 0 Å². The molecule has 0 atom stereocenters. The molecule has 1 aliphatic carbocycles. The second-order valence-corrected chi connectivity index (χ2v) is 8.60. The molecule has 1 aromatic rings. The SMILES string of the molecule is CC(C)NCc1cc(S(=O)(=O)NC(C)(C)C2CC2)cn1C. The minimum absolute atomic E-state index is 0.347. The number of nitrogens with one attached hydrogen (secondary N) is 2. The largest absolute Gasteiger partial charge is 0.352 e. The van der Waals surface area contributed by atoms with Crippen molar-refractivity contribution in [2.24, 2.45) is 13.0 Å². The van der Waals surface area contributed by atoms with Crippen LogP contribution < -0.4 is 10.0 Å². The van der Waals surface area contributed by atoms with Gasteiger partial charge in [-0.3, -0.25) is 0 Å². The first-order chi connectivity index (χ1) is 9.62. The van der Waals surface area contributed by atoms with Crippen molar-refractivity contribution in [1.29, 1.82) is 0 Å². The number of rotatable bonds is 7. The molecule has 2 N–H and O–H groups in total. The van der Waals surface area contributed by atoms with Gasteiger partial charge in [-0.05, 0) is 38.7 Å². The Kier molecular flexibility index (Phi) is 4.52. The summed E-state index contributed by atoms with van der Waals surface area (Å²) in [6.07, 6.45) is 3.89. The summed E-state index contributed by atoms with van der Waals surface area (Å²) in [6.45, 7) is 8.73. The normalized spacial score (nSPS) is 16.7. The van der Waals surface area contributed by atoms with Crippen LogP contribution in [0.15, 0.2) is 17.2 Å². The summed E-state index contributed by atoms with van der Waals surface area (Å²) in [5, 5.41) is 3.31. The third-order valence-electron chi connectivity index (χ3n) is 4.08. The zero-order chi connectivity index (χ0) is 15.8. The van der Waals surface area contributed by atoms with Crippen molar-refractivity contribution >= 4 is 10.0 Å². The highest BCUT2D eigenvalue weighted by Gasteiger charge is 2.40. The van der Waals surface area contributed by atoms with Crippen molar-refractivity contribution in [2.75, 3.05) is 0 Å². The van der Waals surface area contributed by atoms with Crippen LogP contribution in [0.5, 0.6) is 0 Å². The zero-order valence-electron chi connectivity index (χ0n) is 13.6. The van der Waals surface area contributed by atoms with Gasteiger partial charge in [0.15, 0.2) is 0 Å². The van der Waals surface area contributed by atoms with E-state index in [2.05, 4.69) is 23.9 Å². The van der Waals surface area contributed by atoms with Crippen LogP contribution in [-0.2, 0) is 23.6 Å². The van der Waals surface area contributed by atoms with E-state index in [0.717, 1.165) is 18.5 Å². The molecule has 1 heterocycles. The summed E-state index contributed by atoms with van der Waals surface area (Å²) >= 11 is 0. The molecule has 0 bridgehead atoms. The molecule has 0 amide bonds. The van der Waals surface area contributed by atoms with E-state index in [0.29, 0.717) is 23.4 Å². The first-order valence-electron chi connectivity index (χ1n) is 7.54. The Morgan fingerprint density at radius 3 is 2.52 bits per heavy atom. The molecule has 120 valence electrons. The van der Waals surface area contributed by atoms with Crippen molar-refractivity contribution in [3.8, 4) is 0 Å². The van der Waals surface area contributed by atoms with Crippen LogP contribution in [0.25, 0.3) is 0 Å². The average molecular weight is 313 g/mol. The van der Waals surface area contributed by atoms with E-state index in [1.807, 2.05) is 25.5 Å². The van der Waals surface area contributed by atoms with Crippen molar-refractivity contribution in [3.05, 3.63) is 18.0 Å². The number of hydrogen-bond donors (Lipinski definition) is 2. The van der Waals surface area contributed by atoms with Crippen LogP contribution in [0.4, 0.5) is 0 Å². The molecule has 1 aliphatic rings. The summed E-state index contributed by atoms with van der Waals surface area (Å²) in [7, 11) is -1.58. The van der Waals surface area contributed by atoms with Gasteiger partial charge in [0.1, 0.15) is 0 Å². The topological polar surface area (TPSA) is 63.1 Å². The fraction of sp³-hybridized carbons (Fsp3) is 0.733. The molecular formula is C15H27N3O2S. The Labute approximate surface area is 128 Å². The summed E-state index contributed by atoms with van der Waals surface area (Å²) in [6, 6.07) is 2.12. The van der Waals surface area contributed by atoms with Gasteiger partial charge < -0.3 is 9.88 Å². The molecule has 6 heteroatoms. The molecule has 1 aromatic heterocycles. The molecule has 0 spiro atoms. The molecule has 0 aliphatic heterocycles. The van der Waals surface area contributed by atoms with E-state index in [9.17, 15) is 8.42 Å². The van der Waals surface area contributed by atoms with Crippen LogP contribution in [0.1, 0.15) is 46.2 Å². The Morgan fingerprint density at radius 2 is 2.00 bits per heavy atom. The van der Waals surface area contributed by atoms with Gasteiger partial charge in [0, 0.05) is 37.1 Å². The van der Waals surface area contributed by atoms with E-state index >= 15 is 0 Å². The quantitative estimate of drug-likeness (QED) is 0.809. The summed E-state index contributed by atoms with van der Waals surface area (Å²) in [4.78, 5) is 0.347. The van der Waals surface area contributed by atoms with Gasteiger partial charge in [0.05, 0.1) is 4.90 Å². The molecule has 2 rings (SSSR count). The second kappa shape index (κ2) is 5.74. The maximum atomic E-state index is 12.5. The monoisotopic (exact) mass is 313 g/mol. The molecule has 21 heavy (non-hydrogen) atoms. The molecule has 0 aromatic carbocycles. The lowest BCUT2D eigenvalue weighted by Crippen LogP contribution is -2.44. The van der Waals surface area contributed by atoms with Gasteiger partial charge in [-0.1, -0.05) is 13.8 Å². The van der Waals surface area contributed by atoms with E-state index in [4.69, 9.17) is 0 Å². The van der Waals surface area contributed by atoms with Gasteiger partial charge in [0.2, 0.25) is 10.0 Å². The standard InChI is InChI=1S/C15H27N3O2S/c1-11(2)16-9-13-8-14(10-18(13)5)21(19,20)17-15(3,4)12-6-7-12/h8,10-12,16-17H,6-7,9H2,1-5H3. The van der Waals surface area contributed by atoms with Crippen LogP contribution in [0, 0.1) is 5.92 Å². The minimum atomic E-state index is -3.46. The van der Waals surface area contributed by atoms with Crippen LogP contribution in [0.3, 0.4) is 0 Å². The zero-order valence-corrected chi connectivity index (χ0v) is 14.4. The average Bonchev–Trinajstić information content (AvgIpc) is 3.10. The molecule has 0 radical (unpaired) electrons. The lowest BCUT2D eigenvalue weighted by molar-refractivity contribution is 0.400. The van der Waals surface area contributed by atoms with Crippen molar-refractivity contribution in [3.63, 3.8) is 0 Å². The first-order valence-corrected chi connectivity index (χ1v) is 9.03. The van der Waals surface area contributed by atoms with Crippen molar-refractivity contribution in [1.82, 2.24) is 14.6 Å². The molecule has 0 saturated heterocycles. The second-order valence-electron chi connectivity index (χ2n) is 6.92. The fourth-order valence-corrected chi connectivity index (χ4v) is 4.07. The Balaban J connectivity index is 2.14. The Morgan fingerprint density at radius 1 is 1.38 bits per heavy atom. The highest BCUT2D eigenvalue weighted by molar-refractivity contribution is 7.89. The van der Waals surface area contributed by atoms with E-state index < -0.39 is 10.0 Å². The van der Waals surface area contributed by atoms with Gasteiger partial charge in [-0.2, -0.15) is 0 Å². The molecule has 0 unspecified atom stereocenters. The number of sulfonamides is 1. The number of nitrogens with zero attached hydrogens (tertiary/aromatic N) is 1. The predicted octanol–water partition coefficient (Wildman–Crippen LogP) is 1.99. The summed E-state index contributed by atoms with van der Waals surface area (Å²) < 4.78 is 29.8. The van der Waals surface area contributed by atoms with Gasteiger partial charge in [-0.15, -0.1) is 0 Å². The maximum absolute atomic E-state index is 12.5. The van der Waals surface area contributed by atoms with E-state index in [1.165, 1.54) is 0 Å². The molecule has 1 saturated carbocycles. The first kappa shape index (κ1) is 16.5. The highest BCUT2D eigenvalue weighted by Crippen LogP contribution is 2.39. The minimum Gasteiger partial charge on any atom is -0.352 e. The maximum Gasteiger partial charge on any atom is 0.242 e. The molecular weight excluding hydrogens is 286 g/mol.